The van der Waals surface area contributed by atoms with Crippen LogP contribution >= 0.6 is 27.3 Å². The number of aryl methyl sites for hydroxylation is 1. The van der Waals surface area contributed by atoms with Crippen LogP contribution in [0.15, 0.2) is 34.4 Å². The van der Waals surface area contributed by atoms with Gasteiger partial charge >= 0.3 is 0 Å². The average Bonchev–Trinajstić information content (AvgIpc) is 2.69. The summed E-state index contributed by atoms with van der Waals surface area (Å²) in [7, 11) is 0. The third-order valence-electron chi connectivity index (χ3n) is 2.98. The molecule has 0 aliphatic heterocycles. The van der Waals surface area contributed by atoms with E-state index in [1.807, 2.05) is 24.5 Å². The first-order valence-electron chi connectivity index (χ1n) is 5.51. The molecule has 2 N–H and O–H groups in total. The number of nitrogens with zero attached hydrogens (tertiary/aromatic N) is 1. The summed E-state index contributed by atoms with van der Waals surface area (Å²) in [6.45, 7) is 4.25. The van der Waals surface area contributed by atoms with Crippen LogP contribution in [0.4, 0.5) is 0 Å². The molecule has 0 saturated carbocycles. The highest BCUT2D eigenvalue weighted by atomic mass is 79.9. The molecule has 2 unspecified atom stereocenters. The number of aromatic nitrogens is 1. The molecule has 2 rings (SSSR count). The number of hydrogen-bond donors (Lipinski definition) is 1. The van der Waals surface area contributed by atoms with E-state index in [-0.39, 0.29) is 6.04 Å². The molecule has 0 amide bonds. The summed E-state index contributed by atoms with van der Waals surface area (Å²) in [6, 6.07) is 6.25. The van der Waals surface area contributed by atoms with Crippen LogP contribution in [0.25, 0.3) is 0 Å². The SMILES string of the molecule is Cc1cc(C(N)C(C)c2ccncc2)sc1Br. The van der Waals surface area contributed by atoms with Gasteiger partial charge in [-0.25, -0.2) is 0 Å². The minimum Gasteiger partial charge on any atom is -0.323 e. The summed E-state index contributed by atoms with van der Waals surface area (Å²) in [6.07, 6.45) is 3.63. The second kappa shape index (κ2) is 5.29. The van der Waals surface area contributed by atoms with E-state index >= 15 is 0 Å². The van der Waals surface area contributed by atoms with Crippen molar-refractivity contribution in [3.05, 3.63) is 50.4 Å². The lowest BCUT2D eigenvalue weighted by Crippen LogP contribution is -2.16. The topological polar surface area (TPSA) is 38.9 Å². The Hall–Kier alpha value is -0.710. The first-order valence-corrected chi connectivity index (χ1v) is 7.12. The van der Waals surface area contributed by atoms with Gasteiger partial charge in [-0.15, -0.1) is 11.3 Å². The van der Waals surface area contributed by atoms with Crippen LogP contribution in [0.2, 0.25) is 0 Å². The van der Waals surface area contributed by atoms with Gasteiger partial charge in [-0.05, 0) is 52.2 Å². The quantitative estimate of drug-likeness (QED) is 0.930. The first kappa shape index (κ1) is 12.7. The number of halogens is 1. The van der Waals surface area contributed by atoms with Gasteiger partial charge in [0.1, 0.15) is 0 Å². The summed E-state index contributed by atoms with van der Waals surface area (Å²) in [5, 5.41) is 0. The molecule has 0 radical (unpaired) electrons. The maximum atomic E-state index is 6.32. The molecule has 2 heterocycles. The molecular weight excluding hydrogens is 296 g/mol. The molecular formula is C13H15BrN2S. The van der Waals surface area contributed by atoms with Crippen LogP contribution in [0, 0.1) is 6.92 Å². The predicted octanol–water partition coefficient (Wildman–Crippen LogP) is 4.02. The van der Waals surface area contributed by atoms with Crippen molar-refractivity contribution >= 4 is 27.3 Å². The van der Waals surface area contributed by atoms with Gasteiger partial charge in [0.15, 0.2) is 0 Å². The number of rotatable bonds is 3. The lowest BCUT2D eigenvalue weighted by Gasteiger charge is -2.18. The lowest BCUT2D eigenvalue weighted by molar-refractivity contribution is 0.606. The van der Waals surface area contributed by atoms with Gasteiger partial charge in [-0.2, -0.15) is 0 Å². The second-order valence-corrected chi connectivity index (χ2v) is 6.60. The van der Waals surface area contributed by atoms with Crippen molar-refractivity contribution in [1.29, 1.82) is 0 Å². The van der Waals surface area contributed by atoms with Crippen LogP contribution in [0.1, 0.15) is 34.9 Å². The normalized spacial score (nSPS) is 14.6. The van der Waals surface area contributed by atoms with Crippen molar-refractivity contribution in [3.8, 4) is 0 Å². The molecule has 90 valence electrons. The van der Waals surface area contributed by atoms with Crippen molar-refractivity contribution in [3.63, 3.8) is 0 Å². The Labute approximate surface area is 114 Å². The van der Waals surface area contributed by atoms with E-state index in [2.05, 4.69) is 40.8 Å². The van der Waals surface area contributed by atoms with Gasteiger partial charge in [0.25, 0.3) is 0 Å². The minimum absolute atomic E-state index is 0.0346. The van der Waals surface area contributed by atoms with Crippen molar-refractivity contribution in [2.75, 3.05) is 0 Å². The molecule has 0 aliphatic carbocycles. The Kier molecular flexibility index (Phi) is 3.97. The van der Waals surface area contributed by atoms with Crippen molar-refractivity contribution in [2.24, 2.45) is 5.73 Å². The van der Waals surface area contributed by atoms with E-state index in [0.29, 0.717) is 5.92 Å². The Bertz CT molecular complexity index is 476. The van der Waals surface area contributed by atoms with Crippen molar-refractivity contribution in [2.45, 2.75) is 25.8 Å². The van der Waals surface area contributed by atoms with E-state index in [9.17, 15) is 0 Å². The number of thiophene rings is 1. The van der Waals surface area contributed by atoms with Gasteiger partial charge < -0.3 is 5.73 Å². The maximum Gasteiger partial charge on any atom is 0.0731 e. The highest BCUT2D eigenvalue weighted by molar-refractivity contribution is 9.11. The molecule has 0 saturated heterocycles. The molecule has 0 fully saturated rings. The van der Waals surface area contributed by atoms with Gasteiger partial charge in [-0.1, -0.05) is 6.92 Å². The number of pyridine rings is 1. The minimum atomic E-state index is 0.0346. The van der Waals surface area contributed by atoms with E-state index in [4.69, 9.17) is 5.73 Å². The molecule has 0 aliphatic rings. The molecule has 17 heavy (non-hydrogen) atoms. The smallest absolute Gasteiger partial charge is 0.0731 e. The van der Waals surface area contributed by atoms with Gasteiger partial charge in [0, 0.05) is 29.2 Å². The fourth-order valence-electron chi connectivity index (χ4n) is 1.77. The van der Waals surface area contributed by atoms with Crippen molar-refractivity contribution in [1.82, 2.24) is 4.98 Å². The molecule has 0 spiro atoms. The Morgan fingerprint density at radius 1 is 1.35 bits per heavy atom. The van der Waals surface area contributed by atoms with Crippen LogP contribution in [0.5, 0.6) is 0 Å². The zero-order chi connectivity index (χ0) is 12.4. The first-order chi connectivity index (χ1) is 8.09. The van der Waals surface area contributed by atoms with Crippen molar-refractivity contribution < 1.29 is 0 Å². The second-order valence-electron chi connectivity index (χ2n) is 4.20. The third-order valence-corrected chi connectivity index (χ3v) is 5.21. The van der Waals surface area contributed by atoms with E-state index in [0.717, 1.165) is 0 Å². The zero-order valence-corrected chi connectivity index (χ0v) is 12.3. The van der Waals surface area contributed by atoms with Gasteiger partial charge in [-0.3, -0.25) is 4.98 Å². The summed E-state index contributed by atoms with van der Waals surface area (Å²) in [5.74, 6) is 0.294. The standard InChI is InChI=1S/C13H15BrN2S/c1-8-7-11(17-13(8)14)12(15)9(2)10-3-5-16-6-4-10/h3-7,9,12H,15H2,1-2H3. The summed E-state index contributed by atoms with van der Waals surface area (Å²) >= 11 is 5.26. The van der Waals surface area contributed by atoms with Crippen LogP contribution < -0.4 is 5.73 Å². The van der Waals surface area contributed by atoms with E-state index in [1.165, 1.54) is 19.8 Å². The highest BCUT2D eigenvalue weighted by Crippen LogP contribution is 2.36. The number of nitrogens with two attached hydrogens (primary N) is 1. The Morgan fingerprint density at radius 2 is 2.00 bits per heavy atom. The lowest BCUT2D eigenvalue weighted by atomic mass is 9.93. The van der Waals surface area contributed by atoms with E-state index in [1.54, 1.807) is 11.3 Å². The summed E-state index contributed by atoms with van der Waals surface area (Å²) in [5.41, 5.74) is 8.81. The predicted molar refractivity (Wildman–Crippen MR) is 76.3 cm³/mol. The zero-order valence-electron chi connectivity index (χ0n) is 9.85. The Balaban J connectivity index is 2.23. The van der Waals surface area contributed by atoms with Crippen LogP contribution in [-0.4, -0.2) is 4.98 Å². The molecule has 0 aromatic carbocycles. The van der Waals surface area contributed by atoms with E-state index < -0.39 is 0 Å². The molecule has 2 nitrogen and oxygen atoms in total. The summed E-state index contributed by atoms with van der Waals surface area (Å²) in [4.78, 5) is 5.25. The fraction of sp³-hybridized carbons (Fsp3) is 0.308. The van der Waals surface area contributed by atoms with Gasteiger partial charge in [0.2, 0.25) is 0 Å². The van der Waals surface area contributed by atoms with Crippen LogP contribution in [0.3, 0.4) is 0 Å². The average molecular weight is 311 g/mol. The fourth-order valence-corrected chi connectivity index (χ4v) is 3.45. The highest BCUT2D eigenvalue weighted by Gasteiger charge is 2.19. The maximum absolute atomic E-state index is 6.32. The largest absolute Gasteiger partial charge is 0.323 e. The Morgan fingerprint density at radius 3 is 2.53 bits per heavy atom. The molecule has 4 heteroatoms. The van der Waals surface area contributed by atoms with Gasteiger partial charge in [0.05, 0.1) is 3.79 Å². The van der Waals surface area contributed by atoms with Crippen LogP contribution in [-0.2, 0) is 0 Å². The molecule has 2 aromatic rings. The monoisotopic (exact) mass is 310 g/mol. The molecule has 0 bridgehead atoms. The molecule has 2 aromatic heterocycles. The number of hydrogen-bond acceptors (Lipinski definition) is 3. The molecule has 2 atom stereocenters. The summed E-state index contributed by atoms with van der Waals surface area (Å²) < 4.78 is 1.17. The third kappa shape index (κ3) is 2.76.